The predicted molar refractivity (Wildman–Crippen MR) is 113 cm³/mol. The van der Waals surface area contributed by atoms with Gasteiger partial charge in [0, 0.05) is 30.0 Å². The maximum atomic E-state index is 11.1. The van der Waals surface area contributed by atoms with Crippen molar-refractivity contribution < 1.29 is 4.92 Å². The third-order valence-corrected chi connectivity index (χ3v) is 5.45. The molecule has 0 aliphatic carbocycles. The van der Waals surface area contributed by atoms with E-state index in [1.807, 2.05) is 0 Å². The summed E-state index contributed by atoms with van der Waals surface area (Å²) < 4.78 is 0. The summed E-state index contributed by atoms with van der Waals surface area (Å²) in [4.78, 5) is 17.1. The first-order valence-electron chi connectivity index (χ1n) is 9.55. The van der Waals surface area contributed by atoms with Gasteiger partial charge in [-0.3, -0.25) is 15.5 Å². The fourth-order valence-corrected chi connectivity index (χ4v) is 4.18. The Labute approximate surface area is 165 Å². The first-order chi connectivity index (χ1) is 13.2. The molecule has 148 valence electrons. The number of aryl methyl sites for hydroxylation is 1. The molecule has 1 aliphatic heterocycles. The molecule has 0 bridgehead atoms. The van der Waals surface area contributed by atoms with E-state index in [2.05, 4.69) is 67.2 Å². The molecule has 0 saturated carbocycles. The van der Waals surface area contributed by atoms with Crippen molar-refractivity contribution in [2.24, 2.45) is 5.10 Å². The van der Waals surface area contributed by atoms with Crippen LogP contribution in [-0.2, 0) is 0 Å². The second-order valence-corrected chi connectivity index (χ2v) is 7.93. The van der Waals surface area contributed by atoms with Crippen molar-refractivity contribution in [1.82, 2.24) is 4.98 Å². The molecule has 0 amide bonds. The fourth-order valence-electron chi connectivity index (χ4n) is 4.18. The summed E-state index contributed by atoms with van der Waals surface area (Å²) in [5.74, 6) is 0.581. The summed E-state index contributed by atoms with van der Waals surface area (Å²) in [6, 6.07) is 7.34. The lowest BCUT2D eigenvalue weighted by atomic mass is 9.79. The summed E-state index contributed by atoms with van der Waals surface area (Å²) in [7, 11) is 0. The van der Waals surface area contributed by atoms with Crippen LogP contribution in [0.25, 0.3) is 0 Å². The number of aromatic nitrogens is 1. The molecule has 1 atom stereocenters. The first kappa shape index (κ1) is 19.8. The molecule has 2 heterocycles. The Morgan fingerprint density at radius 3 is 2.89 bits per heavy atom. The molecule has 1 N–H and O–H groups in total. The van der Waals surface area contributed by atoms with Crippen LogP contribution in [0.4, 0.5) is 17.2 Å². The van der Waals surface area contributed by atoms with E-state index in [-0.39, 0.29) is 17.0 Å². The first-order valence-corrected chi connectivity index (χ1v) is 9.55. The number of hydrogen-bond acceptors (Lipinski definition) is 6. The van der Waals surface area contributed by atoms with Crippen LogP contribution in [0.1, 0.15) is 56.7 Å². The van der Waals surface area contributed by atoms with Crippen molar-refractivity contribution >= 4 is 23.4 Å². The number of nitrogens with one attached hydrogen (secondary N) is 1. The summed E-state index contributed by atoms with van der Waals surface area (Å²) in [5.41, 5.74) is 7.44. The molecule has 1 aromatic heterocycles. The third-order valence-electron chi connectivity index (χ3n) is 5.45. The molecule has 0 spiro atoms. The standard InChI is InChI=1S/C21H27N5O2/c1-6-25-19-10-14(2)16(11-17(19)15(3)12-21(25,4)5)13-23-24-20-18(26(27)28)8-7-9-22-20/h7-11,13,15H,6,12H2,1-5H3,(H,22,24)/b23-13+. The van der Waals surface area contributed by atoms with E-state index in [9.17, 15) is 10.1 Å². The van der Waals surface area contributed by atoms with Crippen LogP contribution in [0, 0.1) is 17.0 Å². The van der Waals surface area contributed by atoms with Gasteiger partial charge in [-0.1, -0.05) is 6.92 Å². The van der Waals surface area contributed by atoms with Gasteiger partial charge >= 0.3 is 5.69 Å². The number of fused-ring (bicyclic) bond motifs is 1. The number of hydrogen-bond donors (Lipinski definition) is 1. The van der Waals surface area contributed by atoms with Gasteiger partial charge in [-0.2, -0.15) is 5.10 Å². The molecule has 0 fully saturated rings. The van der Waals surface area contributed by atoms with Crippen LogP contribution in [-0.4, -0.2) is 28.2 Å². The summed E-state index contributed by atoms with van der Waals surface area (Å²) in [5, 5.41) is 15.3. The molecule has 28 heavy (non-hydrogen) atoms. The normalized spacial score (nSPS) is 18.2. The molecule has 0 radical (unpaired) electrons. The quantitative estimate of drug-likeness (QED) is 0.454. The van der Waals surface area contributed by atoms with E-state index < -0.39 is 4.92 Å². The van der Waals surface area contributed by atoms with Crippen molar-refractivity contribution in [1.29, 1.82) is 0 Å². The summed E-state index contributed by atoms with van der Waals surface area (Å²) >= 11 is 0. The van der Waals surface area contributed by atoms with Crippen LogP contribution >= 0.6 is 0 Å². The van der Waals surface area contributed by atoms with Gasteiger partial charge in [-0.15, -0.1) is 0 Å². The Morgan fingerprint density at radius 1 is 1.46 bits per heavy atom. The topological polar surface area (TPSA) is 83.7 Å². The Hall–Kier alpha value is -2.96. The SMILES string of the molecule is CCN1c2cc(C)c(/C=N/Nc3ncccc3[N+](=O)[O-])cc2C(C)CC1(C)C. The Balaban J connectivity index is 1.90. The van der Waals surface area contributed by atoms with E-state index in [1.54, 1.807) is 6.21 Å². The highest BCUT2D eigenvalue weighted by atomic mass is 16.6. The highest BCUT2D eigenvalue weighted by Crippen LogP contribution is 2.44. The Kier molecular flexibility index (Phi) is 5.36. The second-order valence-electron chi connectivity index (χ2n) is 7.93. The van der Waals surface area contributed by atoms with Crippen molar-refractivity contribution in [3.8, 4) is 0 Å². The van der Waals surface area contributed by atoms with Gasteiger partial charge < -0.3 is 4.90 Å². The smallest absolute Gasteiger partial charge is 0.313 e. The summed E-state index contributed by atoms with van der Waals surface area (Å²) in [6.45, 7) is 12.1. The minimum atomic E-state index is -0.474. The Bertz CT molecular complexity index is 923. The molecule has 3 rings (SSSR count). The molecule has 2 aromatic rings. The lowest BCUT2D eigenvalue weighted by Gasteiger charge is -2.47. The second kappa shape index (κ2) is 7.58. The number of anilines is 2. The van der Waals surface area contributed by atoms with E-state index >= 15 is 0 Å². The highest BCUT2D eigenvalue weighted by Gasteiger charge is 2.35. The van der Waals surface area contributed by atoms with Crippen molar-refractivity contribution in [3.05, 3.63) is 57.3 Å². The number of nitro groups is 1. The van der Waals surface area contributed by atoms with Crippen molar-refractivity contribution in [3.63, 3.8) is 0 Å². The Morgan fingerprint density at radius 2 is 2.21 bits per heavy atom. The summed E-state index contributed by atoms with van der Waals surface area (Å²) in [6.07, 6.45) is 4.29. The zero-order valence-electron chi connectivity index (χ0n) is 17.1. The zero-order chi connectivity index (χ0) is 20.5. The van der Waals surface area contributed by atoms with Crippen LogP contribution < -0.4 is 10.3 Å². The van der Waals surface area contributed by atoms with Gasteiger partial charge in [0.25, 0.3) is 0 Å². The monoisotopic (exact) mass is 381 g/mol. The minimum absolute atomic E-state index is 0.101. The largest absolute Gasteiger partial charge is 0.366 e. The molecule has 1 aliphatic rings. The van der Waals surface area contributed by atoms with Gasteiger partial charge in [0.05, 0.1) is 11.1 Å². The van der Waals surface area contributed by atoms with Crippen LogP contribution in [0.2, 0.25) is 0 Å². The van der Waals surface area contributed by atoms with Gasteiger partial charge in [-0.25, -0.2) is 4.98 Å². The van der Waals surface area contributed by atoms with E-state index in [0.29, 0.717) is 5.92 Å². The third kappa shape index (κ3) is 3.69. The number of rotatable bonds is 5. The van der Waals surface area contributed by atoms with E-state index in [1.165, 1.54) is 29.6 Å². The number of pyridine rings is 1. The van der Waals surface area contributed by atoms with Gasteiger partial charge in [0.1, 0.15) is 0 Å². The van der Waals surface area contributed by atoms with Crippen LogP contribution in [0.5, 0.6) is 0 Å². The van der Waals surface area contributed by atoms with Gasteiger partial charge in [0.15, 0.2) is 0 Å². The number of benzene rings is 1. The van der Waals surface area contributed by atoms with Gasteiger partial charge in [0.2, 0.25) is 5.82 Å². The molecular weight excluding hydrogens is 354 g/mol. The minimum Gasteiger partial charge on any atom is -0.366 e. The molecule has 1 unspecified atom stereocenters. The van der Waals surface area contributed by atoms with E-state index in [4.69, 9.17) is 0 Å². The molecule has 7 nitrogen and oxygen atoms in total. The van der Waals surface area contributed by atoms with Gasteiger partial charge in [-0.05, 0) is 74.9 Å². The average Bonchev–Trinajstić information content (AvgIpc) is 2.62. The molecule has 1 aromatic carbocycles. The lowest BCUT2D eigenvalue weighted by molar-refractivity contribution is -0.384. The van der Waals surface area contributed by atoms with Crippen LogP contribution in [0.15, 0.2) is 35.6 Å². The maximum Gasteiger partial charge on any atom is 0.313 e. The number of nitrogens with zero attached hydrogens (tertiary/aromatic N) is 4. The maximum absolute atomic E-state index is 11.1. The highest BCUT2D eigenvalue weighted by molar-refractivity contribution is 5.84. The molecule has 0 saturated heterocycles. The number of hydrazone groups is 1. The van der Waals surface area contributed by atoms with Crippen molar-refractivity contribution in [2.45, 2.75) is 52.5 Å². The molecule has 7 heteroatoms. The van der Waals surface area contributed by atoms with Crippen molar-refractivity contribution in [2.75, 3.05) is 16.9 Å². The lowest BCUT2D eigenvalue weighted by Crippen LogP contribution is -2.48. The van der Waals surface area contributed by atoms with E-state index in [0.717, 1.165) is 24.1 Å². The average molecular weight is 381 g/mol. The zero-order valence-corrected chi connectivity index (χ0v) is 17.1. The fraction of sp³-hybridized carbons (Fsp3) is 0.429. The predicted octanol–water partition coefficient (Wildman–Crippen LogP) is 4.86. The van der Waals surface area contributed by atoms with Crippen LogP contribution in [0.3, 0.4) is 0 Å². The molecular formula is C21H27N5O2.